The van der Waals surface area contributed by atoms with Gasteiger partial charge in [-0.1, -0.05) is 6.55 Å². The zero-order chi connectivity index (χ0) is 7.11. The van der Waals surface area contributed by atoms with E-state index in [9.17, 15) is 0 Å². The van der Waals surface area contributed by atoms with Gasteiger partial charge in [-0.3, -0.25) is 0 Å². The highest BCUT2D eigenvalue weighted by molar-refractivity contribution is 6.34. The highest BCUT2D eigenvalue weighted by Crippen LogP contribution is 1.91. The summed E-state index contributed by atoms with van der Waals surface area (Å²) in [5, 5.41) is 0. The van der Waals surface area contributed by atoms with Gasteiger partial charge in [0.2, 0.25) is 0 Å². The minimum Gasteiger partial charge on any atom is -0.357 e. The van der Waals surface area contributed by atoms with Gasteiger partial charge in [-0.2, -0.15) is 0 Å². The molecule has 2 nitrogen and oxygen atoms in total. The molecular weight excluding hydrogens is 132 g/mol. The molecule has 0 bridgehead atoms. The van der Waals surface area contributed by atoms with Gasteiger partial charge in [0.15, 0.2) is 0 Å². The second-order valence-electron chi connectivity index (χ2n) is 1.75. The van der Waals surface area contributed by atoms with Gasteiger partial charge in [-0.25, -0.2) is 0 Å². The molecule has 3 heteroatoms. The molecule has 0 aliphatic heterocycles. The Hall–Kier alpha value is 0.137. The maximum Gasteiger partial charge on any atom is 0.134 e. The molecular formula is C6H16O2Si. The minimum atomic E-state index is -0.138. The molecule has 0 unspecified atom stereocenters. The van der Waals surface area contributed by atoms with Crippen LogP contribution in [0.4, 0.5) is 0 Å². The van der Waals surface area contributed by atoms with Crippen LogP contribution in [-0.4, -0.2) is 28.6 Å². The van der Waals surface area contributed by atoms with Crippen molar-refractivity contribution >= 4 is 9.52 Å². The predicted octanol–water partition coefficient (Wildman–Crippen LogP) is 0.560. The first-order chi connectivity index (χ1) is 4.35. The van der Waals surface area contributed by atoms with E-state index in [-0.39, 0.29) is 15.4 Å². The summed E-state index contributed by atoms with van der Waals surface area (Å²) in [4.78, 5) is 0. The molecule has 0 aliphatic rings. The smallest absolute Gasteiger partial charge is 0.134 e. The topological polar surface area (TPSA) is 18.5 Å². The van der Waals surface area contributed by atoms with Crippen molar-refractivity contribution in [1.29, 1.82) is 0 Å². The quantitative estimate of drug-likeness (QED) is 0.419. The molecule has 0 radical (unpaired) electrons. The zero-order valence-corrected chi connectivity index (χ0v) is 7.93. The minimum absolute atomic E-state index is 0.138. The van der Waals surface area contributed by atoms with E-state index in [1.54, 1.807) is 0 Å². The first-order valence-corrected chi connectivity index (χ1v) is 5.81. The molecule has 0 atom stereocenters. The van der Waals surface area contributed by atoms with Crippen molar-refractivity contribution in [3.8, 4) is 0 Å². The van der Waals surface area contributed by atoms with Crippen LogP contribution in [0, 0.1) is 0 Å². The van der Waals surface area contributed by atoms with E-state index in [0.717, 1.165) is 13.2 Å². The van der Waals surface area contributed by atoms with Crippen molar-refractivity contribution in [1.82, 2.24) is 0 Å². The fourth-order valence-corrected chi connectivity index (χ4v) is 1.60. The van der Waals surface area contributed by atoms with Crippen LogP contribution in [-0.2, 0) is 9.47 Å². The molecule has 0 aromatic carbocycles. The number of rotatable bonds is 5. The second kappa shape index (κ2) is 6.26. The lowest BCUT2D eigenvalue weighted by Crippen LogP contribution is -2.22. The van der Waals surface area contributed by atoms with Gasteiger partial charge in [0.25, 0.3) is 0 Å². The fraction of sp³-hybridized carbons (Fsp3) is 1.00. The molecule has 0 saturated heterocycles. The maximum atomic E-state index is 5.27. The third kappa shape index (κ3) is 4.63. The molecule has 0 amide bonds. The molecule has 0 spiro atoms. The molecule has 0 saturated carbocycles. The van der Waals surface area contributed by atoms with E-state index in [1.807, 2.05) is 13.8 Å². The Labute approximate surface area is 59.4 Å². The average molecular weight is 148 g/mol. The standard InChI is InChI=1S/C6H16O2Si/c1-4-7-6(9-3)8-5-2/h6H,4-5,9H2,1-3H3. The molecule has 0 N–H and O–H groups in total. The molecule has 0 aromatic rings. The Morgan fingerprint density at radius 1 is 1.22 bits per heavy atom. The maximum absolute atomic E-state index is 5.27. The average Bonchev–Trinajstić information content (AvgIpc) is 1.88. The highest BCUT2D eigenvalue weighted by Gasteiger charge is 2.01. The van der Waals surface area contributed by atoms with Crippen LogP contribution < -0.4 is 0 Å². The van der Waals surface area contributed by atoms with Gasteiger partial charge in [0.05, 0.1) is 9.52 Å². The summed E-state index contributed by atoms with van der Waals surface area (Å²) < 4.78 is 10.5. The van der Waals surface area contributed by atoms with Gasteiger partial charge in [0, 0.05) is 13.2 Å². The Morgan fingerprint density at radius 3 is 1.89 bits per heavy atom. The number of ether oxygens (including phenoxy) is 2. The summed E-state index contributed by atoms with van der Waals surface area (Å²) in [5.74, 6) is 0.153. The van der Waals surface area contributed by atoms with Crippen LogP contribution in [0.3, 0.4) is 0 Å². The normalized spacial score (nSPS) is 12.0. The zero-order valence-electron chi connectivity index (χ0n) is 6.52. The van der Waals surface area contributed by atoms with Crippen LogP contribution in [0.25, 0.3) is 0 Å². The van der Waals surface area contributed by atoms with E-state index >= 15 is 0 Å². The predicted molar refractivity (Wildman–Crippen MR) is 41.4 cm³/mol. The molecule has 0 aromatic heterocycles. The van der Waals surface area contributed by atoms with Crippen molar-refractivity contribution in [2.24, 2.45) is 0 Å². The summed E-state index contributed by atoms with van der Waals surface area (Å²) in [6.07, 6.45) is 0. The monoisotopic (exact) mass is 148 g/mol. The van der Waals surface area contributed by atoms with Crippen molar-refractivity contribution in [3.05, 3.63) is 0 Å². The van der Waals surface area contributed by atoms with Crippen LogP contribution in [0.15, 0.2) is 0 Å². The van der Waals surface area contributed by atoms with Crippen LogP contribution >= 0.6 is 0 Å². The molecule has 56 valence electrons. The van der Waals surface area contributed by atoms with Gasteiger partial charge in [0.1, 0.15) is 5.91 Å². The van der Waals surface area contributed by atoms with E-state index in [2.05, 4.69) is 6.55 Å². The van der Waals surface area contributed by atoms with Crippen molar-refractivity contribution in [3.63, 3.8) is 0 Å². The van der Waals surface area contributed by atoms with Crippen molar-refractivity contribution in [2.45, 2.75) is 26.3 Å². The van der Waals surface area contributed by atoms with Gasteiger partial charge < -0.3 is 9.47 Å². The second-order valence-corrected chi connectivity index (χ2v) is 3.23. The van der Waals surface area contributed by atoms with Crippen LogP contribution in [0.5, 0.6) is 0 Å². The molecule has 0 rings (SSSR count). The Morgan fingerprint density at radius 2 is 1.67 bits per heavy atom. The molecule has 0 aliphatic carbocycles. The number of hydrogen-bond donors (Lipinski definition) is 0. The fourth-order valence-electron chi connectivity index (χ4n) is 0.656. The molecule has 9 heavy (non-hydrogen) atoms. The largest absolute Gasteiger partial charge is 0.357 e. The lowest BCUT2D eigenvalue weighted by molar-refractivity contribution is -0.0823. The SMILES string of the molecule is CCOC(OCC)[SiH2]C. The Balaban J connectivity index is 3.18. The molecule has 0 heterocycles. The van der Waals surface area contributed by atoms with Gasteiger partial charge in [-0.15, -0.1) is 0 Å². The first-order valence-electron chi connectivity index (χ1n) is 3.58. The van der Waals surface area contributed by atoms with E-state index < -0.39 is 0 Å². The van der Waals surface area contributed by atoms with Crippen molar-refractivity contribution < 1.29 is 9.47 Å². The highest BCUT2D eigenvalue weighted by atomic mass is 28.2. The summed E-state index contributed by atoms with van der Waals surface area (Å²) in [5.41, 5.74) is 0. The summed E-state index contributed by atoms with van der Waals surface area (Å²) >= 11 is 0. The van der Waals surface area contributed by atoms with Crippen LogP contribution in [0.1, 0.15) is 13.8 Å². The lowest BCUT2D eigenvalue weighted by atomic mass is 10.9. The summed E-state index contributed by atoms with van der Waals surface area (Å²) in [6, 6.07) is 0. The summed E-state index contributed by atoms with van der Waals surface area (Å²) in [6.45, 7) is 7.72. The van der Waals surface area contributed by atoms with Crippen molar-refractivity contribution in [2.75, 3.05) is 13.2 Å². The number of hydrogen-bond acceptors (Lipinski definition) is 2. The first kappa shape index (κ1) is 9.14. The lowest BCUT2D eigenvalue weighted by Gasteiger charge is -2.13. The van der Waals surface area contributed by atoms with E-state index in [4.69, 9.17) is 9.47 Å². The Kier molecular flexibility index (Phi) is 6.35. The van der Waals surface area contributed by atoms with E-state index in [0.29, 0.717) is 0 Å². The Bertz CT molecular complexity index is 53.0. The summed E-state index contributed by atoms with van der Waals surface area (Å²) in [7, 11) is -0.138. The van der Waals surface area contributed by atoms with Crippen LogP contribution in [0.2, 0.25) is 6.55 Å². The van der Waals surface area contributed by atoms with E-state index in [1.165, 1.54) is 0 Å². The third-order valence-electron chi connectivity index (χ3n) is 1.04. The third-order valence-corrected chi connectivity index (χ3v) is 2.18. The van der Waals surface area contributed by atoms with Gasteiger partial charge in [-0.05, 0) is 13.8 Å². The van der Waals surface area contributed by atoms with Gasteiger partial charge >= 0.3 is 0 Å². The molecule has 0 fully saturated rings.